The van der Waals surface area contributed by atoms with Crippen molar-refractivity contribution in [2.24, 2.45) is 0 Å². The van der Waals surface area contributed by atoms with Crippen LogP contribution in [0.3, 0.4) is 0 Å². The third-order valence-corrected chi connectivity index (χ3v) is 7.09. The van der Waals surface area contributed by atoms with Crippen LogP contribution >= 0.6 is 11.3 Å². The first-order valence-corrected chi connectivity index (χ1v) is 12.7. The third kappa shape index (κ3) is 4.98. The van der Waals surface area contributed by atoms with Crippen molar-refractivity contribution in [3.63, 3.8) is 0 Å². The van der Waals surface area contributed by atoms with E-state index in [-0.39, 0.29) is 11.7 Å². The molecule has 0 radical (unpaired) electrons. The van der Waals surface area contributed by atoms with E-state index in [2.05, 4.69) is 4.90 Å². The van der Waals surface area contributed by atoms with Crippen LogP contribution < -0.4 is 14.4 Å². The molecule has 184 valence electrons. The quantitative estimate of drug-likeness (QED) is 0.329. The van der Waals surface area contributed by atoms with Crippen molar-refractivity contribution in [3.05, 3.63) is 48.2 Å². The SMILES string of the molecule is CCOc1cccc2sc(N(CCCN3CCOCC3)C(=O)c3cc4cccc(OC)c4o3)nc12. The van der Waals surface area contributed by atoms with Crippen molar-refractivity contribution in [3.8, 4) is 11.5 Å². The molecule has 0 saturated carbocycles. The highest BCUT2D eigenvalue weighted by atomic mass is 32.1. The molecule has 0 atom stereocenters. The molecule has 9 heteroatoms. The summed E-state index contributed by atoms with van der Waals surface area (Å²) in [6, 6.07) is 13.2. The number of furan rings is 1. The Morgan fingerprint density at radius 2 is 1.97 bits per heavy atom. The monoisotopic (exact) mass is 495 g/mol. The zero-order valence-electron chi connectivity index (χ0n) is 20.0. The van der Waals surface area contributed by atoms with Crippen molar-refractivity contribution in [2.75, 3.05) is 58.0 Å². The number of anilines is 1. The van der Waals surface area contributed by atoms with Crippen molar-refractivity contribution in [1.82, 2.24) is 9.88 Å². The van der Waals surface area contributed by atoms with E-state index in [9.17, 15) is 4.79 Å². The Bertz CT molecular complexity index is 1310. The number of morpholine rings is 1. The molecule has 1 amide bonds. The fourth-order valence-corrected chi connectivity index (χ4v) is 5.30. The maximum absolute atomic E-state index is 13.8. The van der Waals surface area contributed by atoms with Crippen LogP contribution in [-0.2, 0) is 4.74 Å². The van der Waals surface area contributed by atoms with Gasteiger partial charge in [-0.25, -0.2) is 4.98 Å². The molecular weight excluding hydrogens is 466 g/mol. The Balaban J connectivity index is 1.46. The number of hydrogen-bond acceptors (Lipinski definition) is 8. The lowest BCUT2D eigenvalue weighted by Gasteiger charge is -2.27. The smallest absolute Gasteiger partial charge is 0.295 e. The van der Waals surface area contributed by atoms with E-state index in [1.54, 1.807) is 18.1 Å². The average Bonchev–Trinajstić information content (AvgIpc) is 3.52. The molecule has 3 heterocycles. The number of fused-ring (bicyclic) bond motifs is 2. The van der Waals surface area contributed by atoms with Crippen LogP contribution in [0, 0.1) is 0 Å². The molecule has 2 aromatic carbocycles. The zero-order chi connectivity index (χ0) is 24.2. The van der Waals surface area contributed by atoms with Crippen molar-refractivity contribution in [2.45, 2.75) is 13.3 Å². The molecule has 5 rings (SSSR count). The number of methoxy groups -OCH3 is 1. The fraction of sp³-hybridized carbons (Fsp3) is 0.385. The maximum Gasteiger partial charge on any atom is 0.295 e. The van der Waals surface area contributed by atoms with E-state index in [1.807, 2.05) is 43.3 Å². The molecule has 8 nitrogen and oxygen atoms in total. The van der Waals surface area contributed by atoms with Gasteiger partial charge in [0.25, 0.3) is 5.91 Å². The molecule has 0 spiro atoms. The van der Waals surface area contributed by atoms with Crippen molar-refractivity contribution >= 4 is 43.6 Å². The van der Waals surface area contributed by atoms with Gasteiger partial charge in [0.2, 0.25) is 0 Å². The number of para-hydroxylation sites is 2. The Labute approximate surface area is 208 Å². The summed E-state index contributed by atoms with van der Waals surface area (Å²) in [5.41, 5.74) is 1.33. The second-order valence-electron chi connectivity index (χ2n) is 8.29. The number of hydrogen-bond donors (Lipinski definition) is 0. The molecule has 1 aliphatic rings. The van der Waals surface area contributed by atoms with Crippen LogP contribution in [0.2, 0.25) is 0 Å². The highest BCUT2D eigenvalue weighted by Gasteiger charge is 2.26. The van der Waals surface area contributed by atoms with E-state index in [0.717, 1.165) is 60.6 Å². The predicted molar refractivity (Wildman–Crippen MR) is 137 cm³/mol. The Morgan fingerprint density at radius 1 is 1.17 bits per heavy atom. The summed E-state index contributed by atoms with van der Waals surface area (Å²) in [7, 11) is 1.59. The summed E-state index contributed by atoms with van der Waals surface area (Å²) in [4.78, 5) is 22.7. The van der Waals surface area contributed by atoms with Gasteiger partial charge < -0.3 is 18.6 Å². The normalized spacial score (nSPS) is 14.5. The largest absolute Gasteiger partial charge is 0.493 e. The molecule has 0 N–H and O–H groups in total. The molecule has 0 unspecified atom stereocenters. The number of aromatic nitrogens is 1. The minimum atomic E-state index is -0.220. The average molecular weight is 496 g/mol. The molecule has 2 aromatic heterocycles. The minimum absolute atomic E-state index is 0.220. The van der Waals surface area contributed by atoms with Gasteiger partial charge in [-0.2, -0.15) is 0 Å². The number of amides is 1. The molecular formula is C26H29N3O5S. The van der Waals surface area contributed by atoms with Gasteiger partial charge in [-0.3, -0.25) is 14.6 Å². The summed E-state index contributed by atoms with van der Waals surface area (Å²) >= 11 is 1.48. The lowest BCUT2D eigenvalue weighted by Crippen LogP contribution is -2.39. The zero-order valence-corrected chi connectivity index (χ0v) is 20.8. The molecule has 35 heavy (non-hydrogen) atoms. The van der Waals surface area contributed by atoms with Gasteiger partial charge in [-0.05, 0) is 37.6 Å². The molecule has 1 aliphatic heterocycles. The summed E-state index contributed by atoms with van der Waals surface area (Å²) in [5, 5.41) is 1.45. The first kappa shape index (κ1) is 23.6. The molecule has 0 aliphatic carbocycles. The molecule has 4 aromatic rings. The number of benzene rings is 2. The standard InChI is InChI=1S/C26H29N3O5S/c1-3-33-19-8-5-10-22-23(19)27-26(35-22)29(12-6-11-28-13-15-32-16-14-28)25(30)21-17-18-7-4-9-20(31-2)24(18)34-21/h4-5,7-10,17H,3,6,11-16H2,1-2H3. The van der Waals surface area contributed by atoms with Gasteiger partial charge in [0, 0.05) is 31.6 Å². The number of ether oxygens (including phenoxy) is 3. The van der Waals surface area contributed by atoms with Crippen LogP contribution in [0.15, 0.2) is 46.9 Å². The summed E-state index contributed by atoms with van der Waals surface area (Å²) in [5.74, 6) is 1.37. The number of carbonyl (C=O) groups is 1. The second kappa shape index (κ2) is 10.6. The van der Waals surface area contributed by atoms with E-state index in [1.165, 1.54) is 11.3 Å². The third-order valence-electron chi connectivity index (χ3n) is 6.05. The van der Waals surface area contributed by atoms with E-state index in [4.69, 9.17) is 23.6 Å². The van der Waals surface area contributed by atoms with E-state index >= 15 is 0 Å². The van der Waals surface area contributed by atoms with Gasteiger partial charge in [0.15, 0.2) is 22.2 Å². The number of nitrogens with zero attached hydrogens (tertiary/aromatic N) is 3. The lowest BCUT2D eigenvalue weighted by molar-refractivity contribution is 0.0376. The van der Waals surface area contributed by atoms with Gasteiger partial charge in [-0.1, -0.05) is 29.5 Å². The molecule has 1 saturated heterocycles. The van der Waals surface area contributed by atoms with Crippen LogP contribution in [0.5, 0.6) is 11.5 Å². The van der Waals surface area contributed by atoms with Gasteiger partial charge in [-0.15, -0.1) is 0 Å². The van der Waals surface area contributed by atoms with Gasteiger partial charge >= 0.3 is 0 Å². The number of thiazole rings is 1. The van der Waals surface area contributed by atoms with Crippen molar-refractivity contribution in [1.29, 1.82) is 0 Å². The van der Waals surface area contributed by atoms with E-state index in [0.29, 0.717) is 29.6 Å². The fourth-order valence-electron chi connectivity index (χ4n) is 4.30. The first-order chi connectivity index (χ1) is 17.2. The van der Waals surface area contributed by atoms with Crippen LogP contribution in [0.25, 0.3) is 21.2 Å². The summed E-state index contributed by atoms with van der Waals surface area (Å²) in [6.45, 7) is 7.23. The predicted octanol–water partition coefficient (Wildman–Crippen LogP) is 4.82. The minimum Gasteiger partial charge on any atom is -0.493 e. The lowest BCUT2D eigenvalue weighted by atomic mass is 10.2. The summed E-state index contributed by atoms with van der Waals surface area (Å²) in [6.07, 6.45) is 0.809. The van der Waals surface area contributed by atoms with Gasteiger partial charge in [0.1, 0.15) is 11.3 Å². The highest BCUT2D eigenvalue weighted by molar-refractivity contribution is 7.22. The van der Waals surface area contributed by atoms with Gasteiger partial charge in [0.05, 0.1) is 31.6 Å². The Morgan fingerprint density at radius 3 is 2.77 bits per heavy atom. The first-order valence-electron chi connectivity index (χ1n) is 11.9. The summed E-state index contributed by atoms with van der Waals surface area (Å²) < 4.78 is 23.6. The highest BCUT2D eigenvalue weighted by Crippen LogP contribution is 2.36. The molecule has 0 bridgehead atoms. The molecule has 1 fully saturated rings. The Hall–Kier alpha value is -3.14. The number of carbonyl (C=O) groups excluding carboxylic acids is 1. The topological polar surface area (TPSA) is 77.3 Å². The number of rotatable bonds is 9. The van der Waals surface area contributed by atoms with Crippen LogP contribution in [0.1, 0.15) is 23.9 Å². The van der Waals surface area contributed by atoms with Crippen LogP contribution in [-0.4, -0.2) is 68.9 Å². The maximum atomic E-state index is 13.8. The second-order valence-corrected chi connectivity index (χ2v) is 9.30. The Kier molecular flexibility index (Phi) is 7.17. The van der Waals surface area contributed by atoms with Crippen LogP contribution in [0.4, 0.5) is 5.13 Å². The van der Waals surface area contributed by atoms with E-state index < -0.39 is 0 Å². The van der Waals surface area contributed by atoms with Crippen molar-refractivity contribution < 1.29 is 23.4 Å².